The van der Waals surface area contributed by atoms with Crippen molar-refractivity contribution in [3.63, 3.8) is 0 Å². The van der Waals surface area contributed by atoms with Crippen LogP contribution in [-0.2, 0) is 16.1 Å². The van der Waals surface area contributed by atoms with Crippen LogP contribution in [-0.4, -0.2) is 28.0 Å². The minimum atomic E-state index is -0.516. The minimum absolute atomic E-state index is 0.201. The first-order chi connectivity index (χ1) is 12.5. The highest BCUT2D eigenvalue weighted by Gasteiger charge is 2.15. The molecule has 1 N–H and O–H groups in total. The number of carbonyl (C=O) groups excluding carboxylic acids is 2. The molecular formula is C18H17N3O4S. The van der Waals surface area contributed by atoms with Crippen LogP contribution in [0.2, 0.25) is 0 Å². The quantitative estimate of drug-likeness (QED) is 0.696. The van der Waals surface area contributed by atoms with Gasteiger partial charge in [0, 0.05) is 4.88 Å². The van der Waals surface area contributed by atoms with Crippen molar-refractivity contribution in [3.8, 4) is 0 Å². The van der Waals surface area contributed by atoms with E-state index in [0.29, 0.717) is 15.9 Å². The number of hydrogen-bond acceptors (Lipinski definition) is 6. The predicted octanol–water partition coefficient (Wildman–Crippen LogP) is 2.58. The molecule has 0 aliphatic carbocycles. The molecule has 1 aromatic carbocycles. The summed E-state index contributed by atoms with van der Waals surface area (Å²) >= 11 is 1.43. The van der Waals surface area contributed by atoms with Crippen molar-refractivity contribution in [1.82, 2.24) is 9.55 Å². The molecule has 0 unspecified atom stereocenters. The first kappa shape index (κ1) is 17.8. The monoisotopic (exact) mass is 371 g/mol. The van der Waals surface area contributed by atoms with Gasteiger partial charge in [0.2, 0.25) is 5.91 Å². The molecule has 0 aliphatic rings. The first-order valence-electron chi connectivity index (χ1n) is 8.01. The van der Waals surface area contributed by atoms with E-state index in [1.165, 1.54) is 22.2 Å². The molecular weight excluding hydrogens is 354 g/mol. The summed E-state index contributed by atoms with van der Waals surface area (Å²) in [7, 11) is 0. The van der Waals surface area contributed by atoms with Crippen LogP contribution in [0.3, 0.4) is 0 Å². The fraction of sp³-hybridized carbons (Fsp3) is 0.222. The van der Waals surface area contributed by atoms with Crippen molar-refractivity contribution in [2.75, 3.05) is 11.9 Å². The number of fused-ring (bicyclic) bond motifs is 1. The molecule has 2 heterocycles. The molecule has 0 radical (unpaired) electrons. The van der Waals surface area contributed by atoms with E-state index < -0.39 is 11.9 Å². The third-order valence-electron chi connectivity index (χ3n) is 3.65. The van der Waals surface area contributed by atoms with Gasteiger partial charge in [-0.1, -0.05) is 12.1 Å². The summed E-state index contributed by atoms with van der Waals surface area (Å²) in [6.45, 7) is 3.64. The number of rotatable bonds is 5. The second-order valence-corrected chi connectivity index (χ2v) is 6.80. The Balaban J connectivity index is 1.81. The fourth-order valence-corrected chi connectivity index (χ4v) is 3.35. The van der Waals surface area contributed by atoms with Crippen molar-refractivity contribution < 1.29 is 14.3 Å². The molecule has 26 heavy (non-hydrogen) atoms. The molecule has 2 aromatic heterocycles. The van der Waals surface area contributed by atoms with E-state index in [1.54, 1.807) is 37.3 Å². The maximum Gasteiger partial charge on any atom is 0.340 e. The molecule has 8 heteroatoms. The zero-order chi connectivity index (χ0) is 18.7. The third-order valence-corrected chi connectivity index (χ3v) is 4.61. The number of nitrogens with zero attached hydrogens (tertiary/aromatic N) is 2. The van der Waals surface area contributed by atoms with E-state index in [9.17, 15) is 14.4 Å². The number of ether oxygens (including phenoxy) is 1. The molecule has 3 aromatic rings. The Morgan fingerprint density at radius 3 is 2.85 bits per heavy atom. The van der Waals surface area contributed by atoms with E-state index in [0.717, 1.165) is 4.88 Å². The van der Waals surface area contributed by atoms with Crippen LogP contribution < -0.4 is 10.9 Å². The number of amides is 1. The molecule has 0 spiro atoms. The molecule has 3 rings (SSSR count). The van der Waals surface area contributed by atoms with E-state index in [1.807, 2.05) is 6.92 Å². The number of carbonyl (C=O) groups is 2. The second-order valence-electron chi connectivity index (χ2n) is 5.57. The molecule has 0 bridgehead atoms. The van der Waals surface area contributed by atoms with Gasteiger partial charge in [0.05, 0.1) is 29.6 Å². The summed E-state index contributed by atoms with van der Waals surface area (Å²) in [5.74, 6) is -0.950. The van der Waals surface area contributed by atoms with Gasteiger partial charge in [0.25, 0.3) is 5.56 Å². The summed E-state index contributed by atoms with van der Waals surface area (Å²) < 4.78 is 6.23. The lowest BCUT2D eigenvalue weighted by Gasteiger charge is -2.11. The van der Waals surface area contributed by atoms with Gasteiger partial charge in [-0.05, 0) is 32.0 Å². The molecule has 0 aliphatic heterocycles. The smallest absolute Gasteiger partial charge is 0.340 e. The number of esters is 1. The minimum Gasteiger partial charge on any atom is -0.462 e. The first-order valence-corrected chi connectivity index (χ1v) is 8.83. The number of aromatic nitrogens is 2. The summed E-state index contributed by atoms with van der Waals surface area (Å²) in [4.78, 5) is 42.6. The lowest BCUT2D eigenvalue weighted by molar-refractivity contribution is -0.116. The Labute approximate surface area is 153 Å². The van der Waals surface area contributed by atoms with E-state index in [2.05, 4.69) is 10.3 Å². The summed E-state index contributed by atoms with van der Waals surface area (Å²) in [6.07, 6.45) is 1.36. The summed E-state index contributed by atoms with van der Waals surface area (Å²) in [5, 5.41) is 3.15. The lowest BCUT2D eigenvalue weighted by Crippen LogP contribution is -2.28. The number of thiophene rings is 1. The fourth-order valence-electron chi connectivity index (χ4n) is 2.52. The van der Waals surface area contributed by atoms with Crippen LogP contribution in [0.15, 0.2) is 41.5 Å². The van der Waals surface area contributed by atoms with Gasteiger partial charge in [-0.15, -0.1) is 11.3 Å². The van der Waals surface area contributed by atoms with Crippen molar-refractivity contribution in [2.45, 2.75) is 20.4 Å². The van der Waals surface area contributed by atoms with Gasteiger partial charge in [-0.3, -0.25) is 14.2 Å². The molecule has 0 atom stereocenters. The number of aryl methyl sites for hydroxylation is 1. The Morgan fingerprint density at radius 2 is 2.08 bits per heavy atom. The van der Waals surface area contributed by atoms with Gasteiger partial charge in [-0.2, -0.15) is 0 Å². The third kappa shape index (κ3) is 3.65. The molecule has 134 valence electrons. The standard InChI is InChI=1S/C18H17N3O4S/c1-3-25-18(24)12-6-4-5-7-14(12)20-15(22)9-21-10-19-16-13(17(21)23)8-11(2)26-16/h4-8,10H,3,9H2,1-2H3,(H,20,22). The average molecular weight is 371 g/mol. The zero-order valence-electron chi connectivity index (χ0n) is 14.3. The average Bonchev–Trinajstić information content (AvgIpc) is 2.99. The number of nitrogens with one attached hydrogen (secondary N) is 1. The Hall–Kier alpha value is -3.00. The number of para-hydroxylation sites is 1. The van der Waals surface area contributed by atoms with Crippen LogP contribution in [0.5, 0.6) is 0 Å². The maximum absolute atomic E-state index is 12.5. The van der Waals surface area contributed by atoms with Gasteiger partial charge in [-0.25, -0.2) is 9.78 Å². The zero-order valence-corrected chi connectivity index (χ0v) is 15.1. The van der Waals surface area contributed by atoms with E-state index in [-0.39, 0.29) is 24.3 Å². The van der Waals surface area contributed by atoms with Crippen LogP contribution >= 0.6 is 11.3 Å². The molecule has 1 amide bonds. The number of benzene rings is 1. The van der Waals surface area contributed by atoms with Crippen molar-refractivity contribution in [3.05, 3.63) is 57.5 Å². The highest BCUT2D eigenvalue weighted by Crippen LogP contribution is 2.19. The van der Waals surface area contributed by atoms with Crippen molar-refractivity contribution in [2.24, 2.45) is 0 Å². The summed E-state index contributed by atoms with van der Waals surface area (Å²) in [6, 6.07) is 8.33. The summed E-state index contributed by atoms with van der Waals surface area (Å²) in [5.41, 5.74) is 0.328. The van der Waals surface area contributed by atoms with Crippen LogP contribution in [0.1, 0.15) is 22.2 Å². The molecule has 7 nitrogen and oxygen atoms in total. The Morgan fingerprint density at radius 1 is 1.31 bits per heavy atom. The molecule has 0 saturated carbocycles. The van der Waals surface area contributed by atoms with Crippen LogP contribution in [0.4, 0.5) is 5.69 Å². The van der Waals surface area contributed by atoms with Crippen molar-refractivity contribution in [1.29, 1.82) is 0 Å². The Kier molecular flexibility index (Phi) is 5.13. The lowest BCUT2D eigenvalue weighted by atomic mass is 10.2. The van der Waals surface area contributed by atoms with Gasteiger partial charge >= 0.3 is 5.97 Å². The maximum atomic E-state index is 12.5. The van der Waals surface area contributed by atoms with Crippen molar-refractivity contribution >= 4 is 39.1 Å². The number of anilines is 1. The largest absolute Gasteiger partial charge is 0.462 e. The van der Waals surface area contributed by atoms with E-state index in [4.69, 9.17) is 4.74 Å². The molecule has 0 saturated heterocycles. The van der Waals surface area contributed by atoms with Gasteiger partial charge in [0.1, 0.15) is 11.4 Å². The predicted molar refractivity (Wildman–Crippen MR) is 99.6 cm³/mol. The Bertz CT molecular complexity index is 1040. The number of hydrogen-bond donors (Lipinski definition) is 1. The highest BCUT2D eigenvalue weighted by atomic mass is 32.1. The highest BCUT2D eigenvalue weighted by molar-refractivity contribution is 7.18. The molecule has 0 fully saturated rings. The van der Waals surface area contributed by atoms with Gasteiger partial charge < -0.3 is 10.1 Å². The van der Waals surface area contributed by atoms with Crippen LogP contribution in [0, 0.1) is 6.92 Å². The van der Waals surface area contributed by atoms with E-state index >= 15 is 0 Å². The van der Waals surface area contributed by atoms with Crippen LogP contribution in [0.25, 0.3) is 10.2 Å². The second kappa shape index (κ2) is 7.49. The normalized spacial score (nSPS) is 10.7. The SMILES string of the molecule is CCOC(=O)c1ccccc1NC(=O)Cn1cnc2sc(C)cc2c1=O. The topological polar surface area (TPSA) is 90.3 Å². The van der Waals surface area contributed by atoms with Gasteiger partial charge in [0.15, 0.2) is 0 Å².